The van der Waals surface area contributed by atoms with Gasteiger partial charge in [-0.25, -0.2) is 4.79 Å². The fraction of sp³-hybridized carbons (Fsp3) is 0.731. The minimum atomic E-state index is -2.05. The molecule has 1 fully saturated rings. The zero-order chi connectivity index (χ0) is 25.9. The van der Waals surface area contributed by atoms with Crippen molar-refractivity contribution >= 4 is 22.7 Å². The average Bonchev–Trinajstić information content (AvgIpc) is 3.06. The fourth-order valence-electron chi connectivity index (χ4n) is 3.61. The Bertz CT molecular complexity index is 802. The van der Waals surface area contributed by atoms with E-state index in [1.54, 1.807) is 4.90 Å². The Hall–Kier alpha value is -1.20. The van der Waals surface area contributed by atoms with Crippen LogP contribution in [0, 0.1) is 0 Å². The van der Waals surface area contributed by atoms with Crippen molar-refractivity contribution in [3.8, 4) is 0 Å². The molecule has 1 aromatic carbocycles. The van der Waals surface area contributed by atoms with Gasteiger partial charge in [-0.05, 0) is 48.2 Å². The summed E-state index contributed by atoms with van der Waals surface area (Å²) in [5.74, 6) is 0. The van der Waals surface area contributed by atoms with E-state index >= 15 is 0 Å². The Morgan fingerprint density at radius 3 is 1.91 bits per heavy atom. The summed E-state index contributed by atoms with van der Waals surface area (Å²) >= 11 is 0. The second kappa shape index (κ2) is 10.8. The van der Waals surface area contributed by atoms with Gasteiger partial charge in [-0.15, -0.1) is 0 Å². The first-order valence-corrected chi connectivity index (χ1v) is 18.2. The van der Waals surface area contributed by atoms with E-state index in [-0.39, 0.29) is 28.3 Å². The van der Waals surface area contributed by atoms with Gasteiger partial charge in [0.2, 0.25) is 0 Å². The summed E-state index contributed by atoms with van der Waals surface area (Å²) in [6.07, 6.45) is -0.563. The highest BCUT2D eigenvalue weighted by molar-refractivity contribution is 6.74. The summed E-state index contributed by atoms with van der Waals surface area (Å²) in [6, 6.07) is 9.42. The van der Waals surface area contributed by atoms with Gasteiger partial charge in [0, 0.05) is 0 Å². The van der Waals surface area contributed by atoms with Crippen molar-refractivity contribution in [1.82, 2.24) is 4.90 Å². The highest BCUT2D eigenvalue weighted by atomic mass is 28.4. The van der Waals surface area contributed by atoms with Crippen LogP contribution >= 0.6 is 0 Å². The normalized spacial score (nSPS) is 22.3. The number of likely N-dealkylation sites (tertiary alicyclic amines) is 1. The molecule has 1 aromatic rings. The van der Waals surface area contributed by atoms with Gasteiger partial charge in [0.25, 0.3) is 0 Å². The SMILES string of the molecule is CC(C)(C)[Si](C)(C)OCC1CC(OCc2ccccc2)C(CO[Si](C)(C)C(C)(C)C)N1C(=O)O. The Labute approximate surface area is 209 Å². The molecule has 8 heteroatoms. The van der Waals surface area contributed by atoms with Crippen molar-refractivity contribution in [1.29, 1.82) is 0 Å². The molecule has 1 saturated heterocycles. The van der Waals surface area contributed by atoms with E-state index in [1.165, 1.54) is 0 Å². The number of benzene rings is 1. The predicted octanol–water partition coefficient (Wildman–Crippen LogP) is 6.74. The molecule has 1 aliphatic heterocycles. The van der Waals surface area contributed by atoms with Crippen LogP contribution < -0.4 is 0 Å². The van der Waals surface area contributed by atoms with Gasteiger partial charge in [-0.2, -0.15) is 0 Å². The summed E-state index contributed by atoms with van der Waals surface area (Å²) < 4.78 is 19.3. The third-order valence-electron chi connectivity index (χ3n) is 8.08. The van der Waals surface area contributed by atoms with Gasteiger partial charge >= 0.3 is 6.09 Å². The molecule has 0 aromatic heterocycles. The Morgan fingerprint density at radius 1 is 0.941 bits per heavy atom. The van der Waals surface area contributed by atoms with E-state index in [0.29, 0.717) is 26.2 Å². The summed E-state index contributed by atoms with van der Waals surface area (Å²) in [5.41, 5.74) is 1.08. The van der Waals surface area contributed by atoms with Crippen LogP contribution in [0.1, 0.15) is 53.5 Å². The summed E-state index contributed by atoms with van der Waals surface area (Å²) in [5, 5.41) is 10.3. The lowest BCUT2D eigenvalue weighted by atomic mass is 10.1. The third-order valence-corrected chi connectivity index (χ3v) is 17.1. The van der Waals surface area contributed by atoms with Crippen LogP contribution in [0.5, 0.6) is 0 Å². The molecule has 3 unspecified atom stereocenters. The Morgan fingerprint density at radius 2 is 1.44 bits per heavy atom. The minimum absolute atomic E-state index is 0.0465. The Balaban J connectivity index is 2.24. The van der Waals surface area contributed by atoms with Crippen LogP contribution in [0.4, 0.5) is 4.79 Å². The number of rotatable bonds is 9. The second-order valence-electron chi connectivity index (χ2n) is 12.6. The first-order chi connectivity index (χ1) is 15.5. The molecule has 2 rings (SSSR count). The first-order valence-electron chi connectivity index (χ1n) is 12.4. The average molecular weight is 510 g/mol. The van der Waals surface area contributed by atoms with Gasteiger partial charge in [0.1, 0.15) is 0 Å². The maximum atomic E-state index is 12.5. The van der Waals surface area contributed by atoms with Gasteiger partial charge in [-0.1, -0.05) is 71.9 Å². The lowest BCUT2D eigenvalue weighted by Crippen LogP contribution is -2.51. The number of carbonyl (C=O) groups is 1. The Kier molecular flexibility index (Phi) is 9.24. The van der Waals surface area contributed by atoms with Crippen molar-refractivity contribution in [3.63, 3.8) is 0 Å². The van der Waals surface area contributed by atoms with E-state index in [4.69, 9.17) is 13.6 Å². The zero-order valence-corrected chi connectivity index (χ0v) is 25.0. The molecule has 0 radical (unpaired) electrons. The maximum absolute atomic E-state index is 12.5. The van der Waals surface area contributed by atoms with Crippen LogP contribution in [0.2, 0.25) is 36.3 Å². The molecule has 6 nitrogen and oxygen atoms in total. The molecule has 0 aliphatic carbocycles. The molecule has 1 amide bonds. The van der Waals surface area contributed by atoms with Gasteiger partial charge in [0.15, 0.2) is 16.6 Å². The molecule has 1 N–H and O–H groups in total. The first kappa shape index (κ1) is 29.0. The number of ether oxygens (including phenoxy) is 1. The van der Waals surface area contributed by atoms with Crippen molar-refractivity contribution in [3.05, 3.63) is 35.9 Å². The molecule has 34 heavy (non-hydrogen) atoms. The van der Waals surface area contributed by atoms with Crippen molar-refractivity contribution in [2.75, 3.05) is 13.2 Å². The molecule has 3 atom stereocenters. The monoisotopic (exact) mass is 509 g/mol. The van der Waals surface area contributed by atoms with Crippen LogP contribution in [-0.4, -0.2) is 64.1 Å². The third kappa shape index (κ3) is 7.16. The van der Waals surface area contributed by atoms with E-state index in [1.807, 2.05) is 30.3 Å². The number of amides is 1. The van der Waals surface area contributed by atoms with Crippen molar-refractivity contribution < 1.29 is 23.5 Å². The predicted molar refractivity (Wildman–Crippen MR) is 143 cm³/mol. The van der Waals surface area contributed by atoms with Crippen LogP contribution in [-0.2, 0) is 20.2 Å². The molecule has 0 spiro atoms. The summed E-state index contributed by atoms with van der Waals surface area (Å²) in [4.78, 5) is 14.0. The standard InChI is InChI=1S/C26H47NO5Si2/c1-25(2,3)33(7,8)31-18-21-16-23(30-17-20-14-12-11-13-15-20)22(27(21)24(28)29)19-32-34(9,10)26(4,5)6/h11-15,21-23H,16-19H2,1-10H3,(H,28,29). The van der Waals surface area contributed by atoms with Crippen molar-refractivity contribution in [2.45, 2.75) is 109 Å². The fourth-order valence-corrected chi connectivity index (χ4v) is 5.67. The number of hydrogen-bond donors (Lipinski definition) is 1. The van der Waals surface area contributed by atoms with Gasteiger partial charge in [-0.3, -0.25) is 4.90 Å². The molecule has 194 valence electrons. The molecular weight excluding hydrogens is 462 g/mol. The molecule has 1 heterocycles. The lowest BCUT2D eigenvalue weighted by molar-refractivity contribution is 0.000922. The highest BCUT2D eigenvalue weighted by Gasteiger charge is 2.48. The van der Waals surface area contributed by atoms with Gasteiger partial charge in [0.05, 0.1) is 38.0 Å². The lowest BCUT2D eigenvalue weighted by Gasteiger charge is -2.39. The van der Waals surface area contributed by atoms with E-state index < -0.39 is 22.7 Å². The smallest absolute Gasteiger partial charge is 0.408 e. The summed E-state index contributed by atoms with van der Waals surface area (Å²) in [6.45, 7) is 23.2. The van der Waals surface area contributed by atoms with Crippen molar-refractivity contribution in [2.24, 2.45) is 0 Å². The minimum Gasteiger partial charge on any atom is -0.465 e. The largest absolute Gasteiger partial charge is 0.465 e. The number of nitrogens with zero attached hydrogens (tertiary/aromatic N) is 1. The maximum Gasteiger partial charge on any atom is 0.408 e. The van der Waals surface area contributed by atoms with Crippen LogP contribution in [0.3, 0.4) is 0 Å². The summed E-state index contributed by atoms with van der Waals surface area (Å²) in [7, 11) is -4.06. The van der Waals surface area contributed by atoms with E-state index in [0.717, 1.165) is 5.56 Å². The highest BCUT2D eigenvalue weighted by Crippen LogP contribution is 2.39. The number of carboxylic acid groups (broad SMARTS) is 1. The van der Waals surface area contributed by atoms with Gasteiger partial charge < -0.3 is 18.7 Å². The van der Waals surface area contributed by atoms with Crippen LogP contribution in [0.15, 0.2) is 30.3 Å². The molecular formula is C26H47NO5Si2. The van der Waals surface area contributed by atoms with Crippen LogP contribution in [0.25, 0.3) is 0 Å². The molecule has 0 bridgehead atoms. The zero-order valence-electron chi connectivity index (χ0n) is 23.0. The topological polar surface area (TPSA) is 68.2 Å². The molecule has 0 saturated carbocycles. The quantitative estimate of drug-likeness (QED) is 0.374. The second-order valence-corrected chi connectivity index (χ2v) is 22.2. The van der Waals surface area contributed by atoms with E-state index in [2.05, 4.69) is 67.7 Å². The molecule has 1 aliphatic rings. The van der Waals surface area contributed by atoms with E-state index in [9.17, 15) is 9.90 Å². The number of hydrogen-bond acceptors (Lipinski definition) is 4.